The second-order valence-electron chi connectivity index (χ2n) is 4.45. The van der Waals surface area contributed by atoms with Crippen LogP contribution in [0.4, 0.5) is 0 Å². The smallest absolute Gasteiger partial charge is 0.215 e. The molecule has 0 radical (unpaired) electrons. The maximum absolute atomic E-state index is 11.8. The van der Waals surface area contributed by atoms with Gasteiger partial charge in [0, 0.05) is 26.2 Å². The van der Waals surface area contributed by atoms with Gasteiger partial charge in [0.2, 0.25) is 10.0 Å². The molecule has 3 N–H and O–H groups in total. The highest BCUT2D eigenvalue weighted by atomic mass is 127. The van der Waals surface area contributed by atoms with E-state index >= 15 is 0 Å². The van der Waals surface area contributed by atoms with Gasteiger partial charge in [-0.2, -0.15) is 0 Å². The van der Waals surface area contributed by atoms with Crippen molar-refractivity contribution in [3.05, 3.63) is 0 Å². The van der Waals surface area contributed by atoms with E-state index in [0.717, 1.165) is 0 Å². The van der Waals surface area contributed by atoms with E-state index in [0.29, 0.717) is 31.5 Å². The van der Waals surface area contributed by atoms with E-state index in [4.69, 9.17) is 5.73 Å². The minimum atomic E-state index is -3.19. The molecule has 0 atom stereocenters. The van der Waals surface area contributed by atoms with Crippen molar-refractivity contribution in [3.63, 3.8) is 0 Å². The van der Waals surface area contributed by atoms with Gasteiger partial charge in [-0.3, -0.25) is 4.99 Å². The molecule has 116 valence electrons. The summed E-state index contributed by atoms with van der Waals surface area (Å²) < 4.78 is 25.1. The number of nitrogens with two attached hydrogens (primary N) is 1. The lowest BCUT2D eigenvalue weighted by Gasteiger charge is -2.18. The molecule has 0 bridgehead atoms. The van der Waals surface area contributed by atoms with Crippen molar-refractivity contribution < 1.29 is 8.42 Å². The molecule has 19 heavy (non-hydrogen) atoms. The third-order valence-electron chi connectivity index (χ3n) is 2.39. The number of guanidine groups is 1. The average molecular weight is 406 g/mol. The summed E-state index contributed by atoms with van der Waals surface area (Å²) in [6, 6.07) is 0. The summed E-state index contributed by atoms with van der Waals surface area (Å²) in [6.45, 7) is 9.66. The third kappa shape index (κ3) is 9.44. The van der Waals surface area contributed by atoms with Gasteiger partial charge in [0.05, 0.1) is 5.75 Å². The van der Waals surface area contributed by atoms with Gasteiger partial charge in [-0.1, -0.05) is 27.7 Å². The van der Waals surface area contributed by atoms with Crippen LogP contribution in [0.5, 0.6) is 0 Å². The topological polar surface area (TPSA) is 87.8 Å². The van der Waals surface area contributed by atoms with E-state index in [1.165, 1.54) is 4.31 Å². The van der Waals surface area contributed by atoms with Crippen molar-refractivity contribution >= 4 is 40.0 Å². The maximum atomic E-state index is 11.8. The molecule has 0 aliphatic rings. The summed E-state index contributed by atoms with van der Waals surface area (Å²) in [5, 5.41) is 2.82. The Labute approximate surface area is 134 Å². The summed E-state index contributed by atoms with van der Waals surface area (Å²) in [4.78, 5) is 4.10. The maximum Gasteiger partial charge on any atom is 0.215 e. The molecule has 0 aliphatic carbocycles. The Kier molecular flexibility index (Phi) is 11.9. The molecular formula is C11H27IN4O2S. The fraction of sp³-hybridized carbons (Fsp3) is 0.909. The highest BCUT2D eigenvalue weighted by Crippen LogP contribution is 1.99. The number of nitrogens with zero attached hydrogens (tertiary/aromatic N) is 2. The van der Waals surface area contributed by atoms with Crippen LogP contribution >= 0.6 is 24.0 Å². The van der Waals surface area contributed by atoms with Crippen LogP contribution in [-0.4, -0.2) is 50.6 Å². The summed E-state index contributed by atoms with van der Waals surface area (Å²) >= 11 is 0. The van der Waals surface area contributed by atoms with Crippen molar-refractivity contribution in [1.29, 1.82) is 0 Å². The normalized spacial score (nSPS) is 12.6. The number of rotatable bonds is 8. The summed E-state index contributed by atoms with van der Waals surface area (Å²) in [6.07, 6.45) is 0. The van der Waals surface area contributed by atoms with E-state index in [1.807, 2.05) is 27.7 Å². The molecule has 0 fully saturated rings. The predicted molar refractivity (Wildman–Crippen MR) is 91.5 cm³/mol. The van der Waals surface area contributed by atoms with Crippen molar-refractivity contribution in [2.24, 2.45) is 16.6 Å². The minimum Gasteiger partial charge on any atom is -0.370 e. The van der Waals surface area contributed by atoms with Crippen molar-refractivity contribution in [2.75, 3.05) is 31.9 Å². The van der Waals surface area contributed by atoms with Crippen molar-refractivity contribution in [3.8, 4) is 0 Å². The Bertz CT molecular complexity index is 354. The molecule has 0 amide bonds. The van der Waals surface area contributed by atoms with E-state index in [9.17, 15) is 8.42 Å². The molecular weight excluding hydrogens is 379 g/mol. The molecule has 0 rings (SSSR count). The molecule has 0 heterocycles. The van der Waals surface area contributed by atoms with Crippen LogP contribution in [0.1, 0.15) is 27.7 Å². The van der Waals surface area contributed by atoms with Crippen LogP contribution in [0.3, 0.4) is 0 Å². The number of hydrogen-bond donors (Lipinski definition) is 2. The van der Waals surface area contributed by atoms with Crippen LogP contribution in [0, 0.1) is 5.92 Å². The second-order valence-corrected chi connectivity index (χ2v) is 6.54. The Morgan fingerprint density at radius 2 is 1.84 bits per heavy atom. The molecule has 0 aromatic rings. The van der Waals surface area contributed by atoms with Gasteiger partial charge in [0.25, 0.3) is 0 Å². The molecule has 0 saturated carbocycles. The Morgan fingerprint density at radius 3 is 2.26 bits per heavy atom. The molecule has 0 aliphatic heterocycles. The highest BCUT2D eigenvalue weighted by Gasteiger charge is 2.17. The molecule has 0 spiro atoms. The minimum absolute atomic E-state index is 0. The second kappa shape index (κ2) is 10.7. The van der Waals surface area contributed by atoms with Gasteiger partial charge >= 0.3 is 0 Å². The molecule has 6 nitrogen and oxygen atoms in total. The fourth-order valence-electron chi connectivity index (χ4n) is 1.39. The zero-order valence-electron chi connectivity index (χ0n) is 12.2. The van der Waals surface area contributed by atoms with Gasteiger partial charge in [0.15, 0.2) is 5.96 Å². The molecule has 0 saturated heterocycles. The fourth-order valence-corrected chi connectivity index (χ4v) is 2.80. The van der Waals surface area contributed by atoms with Gasteiger partial charge in [-0.15, -0.1) is 24.0 Å². The number of halogens is 1. The van der Waals surface area contributed by atoms with Crippen LogP contribution in [0.15, 0.2) is 4.99 Å². The van der Waals surface area contributed by atoms with E-state index in [2.05, 4.69) is 10.3 Å². The quantitative estimate of drug-likeness (QED) is 0.355. The predicted octanol–water partition coefficient (Wildman–Crippen LogP) is 0.836. The van der Waals surface area contributed by atoms with E-state index in [-0.39, 0.29) is 36.3 Å². The Balaban J connectivity index is 0. The van der Waals surface area contributed by atoms with Crippen molar-refractivity contribution in [2.45, 2.75) is 27.7 Å². The molecule has 0 unspecified atom stereocenters. The van der Waals surface area contributed by atoms with E-state index < -0.39 is 10.0 Å². The Morgan fingerprint density at radius 1 is 1.32 bits per heavy atom. The largest absolute Gasteiger partial charge is 0.370 e. The summed E-state index contributed by atoms with van der Waals surface area (Å²) in [7, 11) is -3.19. The Hall–Kier alpha value is -0.0900. The van der Waals surface area contributed by atoms with Gasteiger partial charge in [-0.25, -0.2) is 12.7 Å². The van der Waals surface area contributed by atoms with Gasteiger partial charge in [-0.05, 0) is 5.92 Å². The van der Waals surface area contributed by atoms with Crippen LogP contribution in [-0.2, 0) is 10.0 Å². The zero-order chi connectivity index (χ0) is 14.2. The zero-order valence-corrected chi connectivity index (χ0v) is 15.4. The van der Waals surface area contributed by atoms with Crippen LogP contribution in [0.2, 0.25) is 0 Å². The standard InChI is InChI=1S/C11H26N4O2S.HI/c1-5-15(6-2)18(16,17)8-7-13-11(12)14-9-10(3)4;/h10H,5-9H2,1-4H3,(H3,12,13,14);1H. The molecule has 8 heteroatoms. The average Bonchev–Trinajstić information content (AvgIpc) is 2.27. The highest BCUT2D eigenvalue weighted by molar-refractivity contribution is 14.0. The summed E-state index contributed by atoms with van der Waals surface area (Å²) in [5.74, 6) is 0.773. The first-order valence-electron chi connectivity index (χ1n) is 6.35. The SMILES string of the molecule is CCN(CC)S(=O)(=O)CCNC(N)=NCC(C)C.I. The lowest BCUT2D eigenvalue weighted by Crippen LogP contribution is -2.40. The van der Waals surface area contributed by atoms with Gasteiger partial charge < -0.3 is 11.1 Å². The van der Waals surface area contributed by atoms with Crippen molar-refractivity contribution in [1.82, 2.24) is 9.62 Å². The lowest BCUT2D eigenvalue weighted by atomic mass is 10.2. The molecule has 0 aromatic carbocycles. The number of nitrogens with one attached hydrogen (secondary N) is 1. The molecule has 0 aromatic heterocycles. The van der Waals surface area contributed by atoms with Crippen LogP contribution in [0.25, 0.3) is 0 Å². The number of sulfonamides is 1. The number of aliphatic imine (C=N–C) groups is 1. The third-order valence-corrected chi connectivity index (χ3v) is 4.41. The van der Waals surface area contributed by atoms with E-state index in [1.54, 1.807) is 0 Å². The lowest BCUT2D eigenvalue weighted by molar-refractivity contribution is 0.445. The first-order valence-corrected chi connectivity index (χ1v) is 7.96. The van der Waals surface area contributed by atoms with Gasteiger partial charge in [0.1, 0.15) is 0 Å². The number of hydrogen-bond acceptors (Lipinski definition) is 3. The summed E-state index contributed by atoms with van der Waals surface area (Å²) in [5.41, 5.74) is 5.62. The first-order chi connectivity index (χ1) is 8.33. The monoisotopic (exact) mass is 406 g/mol. The van der Waals surface area contributed by atoms with Crippen LogP contribution < -0.4 is 11.1 Å². The first kappa shape index (κ1) is 21.2.